The Bertz CT molecular complexity index is 493. The predicted octanol–water partition coefficient (Wildman–Crippen LogP) is 7.47. The van der Waals surface area contributed by atoms with Gasteiger partial charge < -0.3 is 9.47 Å². The smallest absolute Gasteiger partial charge is 0.337 e. The Labute approximate surface area is 185 Å². The Hall–Kier alpha value is -1.58. The molecule has 30 heavy (non-hydrogen) atoms. The third kappa shape index (κ3) is 17.3. The minimum Gasteiger partial charge on any atom is -0.466 e. The third-order valence-corrected chi connectivity index (χ3v) is 5.39. The van der Waals surface area contributed by atoms with Gasteiger partial charge in [0.1, 0.15) is 0 Å². The molecule has 0 bridgehead atoms. The molecule has 0 fully saturated rings. The van der Waals surface area contributed by atoms with Crippen LogP contribution < -0.4 is 0 Å². The van der Waals surface area contributed by atoms with Crippen LogP contribution in [-0.4, -0.2) is 25.7 Å². The van der Waals surface area contributed by atoms with Crippen molar-refractivity contribution in [3.05, 3.63) is 23.8 Å². The Morgan fingerprint density at radius 1 is 0.700 bits per heavy atom. The molecule has 0 aromatic heterocycles. The third-order valence-electron chi connectivity index (χ3n) is 5.39. The molecule has 0 heterocycles. The summed E-state index contributed by atoms with van der Waals surface area (Å²) in [6.45, 7) is 7.91. The van der Waals surface area contributed by atoms with Crippen molar-refractivity contribution < 1.29 is 19.1 Å². The van der Waals surface area contributed by atoms with Gasteiger partial charge in [0.05, 0.1) is 19.3 Å². The molecule has 0 saturated carbocycles. The number of carbonyl (C=O) groups is 2. The van der Waals surface area contributed by atoms with Crippen LogP contribution in [0.5, 0.6) is 0 Å². The van der Waals surface area contributed by atoms with Gasteiger partial charge in [0.2, 0.25) is 0 Å². The van der Waals surface area contributed by atoms with Crippen LogP contribution in [0.15, 0.2) is 23.8 Å². The molecule has 0 amide bonds. The fourth-order valence-electron chi connectivity index (χ4n) is 3.45. The van der Waals surface area contributed by atoms with Crippen LogP contribution in [0.25, 0.3) is 0 Å². The number of rotatable bonds is 20. The van der Waals surface area contributed by atoms with Crippen molar-refractivity contribution in [2.75, 3.05) is 13.7 Å². The van der Waals surface area contributed by atoms with Crippen LogP contribution in [0.4, 0.5) is 0 Å². The van der Waals surface area contributed by atoms with Crippen molar-refractivity contribution in [2.24, 2.45) is 0 Å². The predicted molar refractivity (Wildman–Crippen MR) is 125 cm³/mol. The molecule has 0 N–H and O–H groups in total. The monoisotopic (exact) mass is 422 g/mol. The zero-order valence-corrected chi connectivity index (χ0v) is 19.9. The Morgan fingerprint density at radius 2 is 1.10 bits per heavy atom. The number of carbonyl (C=O) groups excluding carboxylic acids is 2. The van der Waals surface area contributed by atoms with Crippen LogP contribution in [0.2, 0.25) is 0 Å². The van der Waals surface area contributed by atoms with Gasteiger partial charge in [-0.3, -0.25) is 0 Å². The van der Waals surface area contributed by atoms with Crippen molar-refractivity contribution in [1.82, 2.24) is 0 Å². The van der Waals surface area contributed by atoms with Gasteiger partial charge >= 0.3 is 11.9 Å². The summed E-state index contributed by atoms with van der Waals surface area (Å²) < 4.78 is 9.79. The SMILES string of the molecule is C=C(/C=C(\C)C(=O)OC)C(=O)OCCCCCCCCCCCCCCCCCC. The summed E-state index contributed by atoms with van der Waals surface area (Å²) in [7, 11) is 1.30. The summed E-state index contributed by atoms with van der Waals surface area (Å²) in [6, 6.07) is 0. The molecular formula is C26H46O4. The largest absolute Gasteiger partial charge is 0.466 e. The lowest BCUT2D eigenvalue weighted by molar-refractivity contribution is -0.138. The molecule has 0 aliphatic heterocycles. The highest BCUT2D eigenvalue weighted by Gasteiger charge is 2.09. The van der Waals surface area contributed by atoms with Gasteiger partial charge in [-0.25, -0.2) is 9.59 Å². The molecule has 0 spiro atoms. The number of methoxy groups -OCH3 is 1. The summed E-state index contributed by atoms with van der Waals surface area (Å²) in [5, 5.41) is 0. The van der Waals surface area contributed by atoms with Gasteiger partial charge in [-0.1, -0.05) is 110 Å². The van der Waals surface area contributed by atoms with Gasteiger partial charge in [0, 0.05) is 5.57 Å². The highest BCUT2D eigenvalue weighted by Crippen LogP contribution is 2.14. The second-order valence-electron chi connectivity index (χ2n) is 8.28. The van der Waals surface area contributed by atoms with Crippen molar-refractivity contribution in [3.63, 3.8) is 0 Å². The van der Waals surface area contributed by atoms with Gasteiger partial charge in [-0.15, -0.1) is 0 Å². The summed E-state index contributed by atoms with van der Waals surface area (Å²) in [6.07, 6.45) is 22.5. The molecule has 0 saturated heterocycles. The summed E-state index contributed by atoms with van der Waals surface area (Å²) in [5.41, 5.74) is 0.510. The van der Waals surface area contributed by atoms with E-state index >= 15 is 0 Å². The van der Waals surface area contributed by atoms with E-state index < -0.39 is 11.9 Å². The molecule has 0 atom stereocenters. The number of unbranched alkanes of at least 4 members (excludes halogenated alkanes) is 15. The standard InChI is InChI=1S/C26H46O4/c1-5-6-7-8-9-10-11-12-13-14-15-16-17-18-19-20-21-30-26(28)24(3)22-23(2)25(27)29-4/h22H,3,5-21H2,1-2,4H3/b23-22+. The summed E-state index contributed by atoms with van der Waals surface area (Å²) >= 11 is 0. The quantitative estimate of drug-likeness (QED) is 0.0883. The first kappa shape index (κ1) is 28.4. The molecule has 174 valence electrons. The molecule has 4 heteroatoms. The van der Waals surface area contributed by atoms with Crippen molar-refractivity contribution in [2.45, 2.75) is 117 Å². The first-order valence-electron chi connectivity index (χ1n) is 12.2. The van der Waals surface area contributed by atoms with Crippen molar-refractivity contribution in [3.8, 4) is 0 Å². The van der Waals surface area contributed by atoms with Gasteiger partial charge in [-0.2, -0.15) is 0 Å². The Kier molecular flexibility index (Phi) is 19.6. The maximum absolute atomic E-state index is 11.8. The minimum absolute atomic E-state index is 0.175. The first-order chi connectivity index (χ1) is 14.5. The van der Waals surface area contributed by atoms with Crippen LogP contribution >= 0.6 is 0 Å². The lowest BCUT2D eigenvalue weighted by atomic mass is 10.0. The number of esters is 2. The highest BCUT2D eigenvalue weighted by molar-refractivity contribution is 5.95. The van der Waals surface area contributed by atoms with E-state index in [0.29, 0.717) is 12.2 Å². The normalized spacial score (nSPS) is 11.4. The summed E-state index contributed by atoms with van der Waals surface area (Å²) in [4.78, 5) is 23.1. The number of hydrogen-bond acceptors (Lipinski definition) is 4. The zero-order valence-electron chi connectivity index (χ0n) is 19.9. The van der Waals surface area contributed by atoms with Gasteiger partial charge in [-0.05, 0) is 19.4 Å². The molecule has 0 aromatic rings. The van der Waals surface area contributed by atoms with E-state index in [1.54, 1.807) is 6.92 Å². The van der Waals surface area contributed by atoms with E-state index in [0.717, 1.165) is 12.8 Å². The highest BCUT2D eigenvalue weighted by atomic mass is 16.5. The van der Waals surface area contributed by atoms with Crippen LogP contribution in [0.1, 0.15) is 117 Å². The minimum atomic E-state index is -0.473. The molecule has 0 aliphatic rings. The second-order valence-corrected chi connectivity index (χ2v) is 8.28. The van der Waals surface area contributed by atoms with Crippen LogP contribution in [0.3, 0.4) is 0 Å². The first-order valence-corrected chi connectivity index (χ1v) is 12.2. The van der Waals surface area contributed by atoms with E-state index in [4.69, 9.17) is 4.74 Å². The van der Waals surface area contributed by atoms with Crippen molar-refractivity contribution in [1.29, 1.82) is 0 Å². The number of ether oxygens (including phenoxy) is 2. The van der Waals surface area contributed by atoms with E-state index in [1.165, 1.54) is 103 Å². The lowest BCUT2D eigenvalue weighted by Gasteiger charge is -2.06. The lowest BCUT2D eigenvalue weighted by Crippen LogP contribution is -2.09. The molecular weight excluding hydrogens is 376 g/mol. The molecule has 4 nitrogen and oxygen atoms in total. The van der Waals surface area contributed by atoms with E-state index in [1.807, 2.05) is 0 Å². The Balaban J connectivity index is 3.41. The van der Waals surface area contributed by atoms with Gasteiger partial charge in [0.25, 0.3) is 0 Å². The second kappa shape index (κ2) is 20.7. The zero-order chi connectivity index (χ0) is 22.5. The Morgan fingerprint density at radius 3 is 1.50 bits per heavy atom. The molecule has 0 rings (SSSR count). The van der Waals surface area contributed by atoms with Crippen molar-refractivity contribution >= 4 is 11.9 Å². The fraction of sp³-hybridized carbons (Fsp3) is 0.769. The maximum Gasteiger partial charge on any atom is 0.337 e. The molecule has 0 aromatic carbocycles. The number of hydrogen-bond donors (Lipinski definition) is 0. The fourth-order valence-corrected chi connectivity index (χ4v) is 3.45. The molecule has 0 aliphatic carbocycles. The summed E-state index contributed by atoms with van der Waals surface area (Å²) in [5.74, 6) is -0.944. The van der Waals surface area contributed by atoms with E-state index in [9.17, 15) is 9.59 Å². The topological polar surface area (TPSA) is 52.6 Å². The molecule has 0 unspecified atom stereocenters. The average molecular weight is 423 g/mol. The maximum atomic E-state index is 11.8. The van der Waals surface area contributed by atoms with Crippen LogP contribution in [0, 0.1) is 0 Å². The van der Waals surface area contributed by atoms with E-state index in [-0.39, 0.29) is 5.57 Å². The van der Waals surface area contributed by atoms with Gasteiger partial charge in [0.15, 0.2) is 0 Å². The molecule has 0 radical (unpaired) electrons. The van der Waals surface area contributed by atoms with Crippen LogP contribution in [-0.2, 0) is 19.1 Å². The average Bonchev–Trinajstić information content (AvgIpc) is 2.74. The van der Waals surface area contributed by atoms with E-state index in [2.05, 4.69) is 18.2 Å².